The lowest BCUT2D eigenvalue weighted by Gasteiger charge is -2.21. The first-order valence-electron chi connectivity index (χ1n) is 6.16. The lowest BCUT2D eigenvalue weighted by Crippen LogP contribution is -2.33. The standard InChI is InChI=1S/C12H19NO3/c1-2-16-11(14)8-13-7-9-5-3-4-6-10(9)12(13)15/h9-10H,2-8H2,1H3. The number of carbonyl (C=O) groups is 2. The molecule has 2 fully saturated rings. The largest absolute Gasteiger partial charge is 0.465 e. The van der Waals surface area contributed by atoms with Crippen molar-refractivity contribution in [3.8, 4) is 0 Å². The van der Waals surface area contributed by atoms with Crippen molar-refractivity contribution in [2.45, 2.75) is 32.6 Å². The summed E-state index contributed by atoms with van der Waals surface area (Å²) in [5.74, 6) is 0.547. The fourth-order valence-electron chi connectivity index (χ4n) is 2.86. The van der Waals surface area contributed by atoms with E-state index in [1.165, 1.54) is 6.42 Å². The van der Waals surface area contributed by atoms with Crippen LogP contribution in [0.3, 0.4) is 0 Å². The Kier molecular flexibility index (Phi) is 3.46. The van der Waals surface area contributed by atoms with Gasteiger partial charge < -0.3 is 9.64 Å². The summed E-state index contributed by atoms with van der Waals surface area (Å²) in [4.78, 5) is 25.0. The molecule has 0 aromatic rings. The third-order valence-electron chi connectivity index (χ3n) is 3.62. The molecule has 1 heterocycles. The Labute approximate surface area is 95.9 Å². The van der Waals surface area contributed by atoms with Crippen LogP contribution >= 0.6 is 0 Å². The smallest absolute Gasteiger partial charge is 0.325 e. The Hall–Kier alpha value is -1.06. The van der Waals surface area contributed by atoms with Gasteiger partial charge in [-0.3, -0.25) is 9.59 Å². The molecule has 1 saturated carbocycles. The zero-order valence-corrected chi connectivity index (χ0v) is 9.78. The number of hydrogen-bond acceptors (Lipinski definition) is 3. The summed E-state index contributed by atoms with van der Waals surface area (Å²) >= 11 is 0. The average Bonchev–Trinajstić information content (AvgIpc) is 2.57. The Morgan fingerprint density at radius 2 is 2.19 bits per heavy atom. The monoisotopic (exact) mass is 225 g/mol. The topological polar surface area (TPSA) is 46.6 Å². The molecule has 2 aliphatic rings. The number of fused-ring (bicyclic) bond motifs is 1. The third-order valence-corrected chi connectivity index (χ3v) is 3.62. The zero-order valence-electron chi connectivity index (χ0n) is 9.78. The van der Waals surface area contributed by atoms with E-state index < -0.39 is 0 Å². The Bertz CT molecular complexity index is 290. The van der Waals surface area contributed by atoms with Gasteiger partial charge in [0.1, 0.15) is 6.54 Å². The van der Waals surface area contributed by atoms with Crippen LogP contribution < -0.4 is 0 Å². The van der Waals surface area contributed by atoms with Crippen molar-refractivity contribution in [3.05, 3.63) is 0 Å². The van der Waals surface area contributed by atoms with E-state index in [1.807, 2.05) is 0 Å². The Balaban J connectivity index is 1.92. The maximum atomic E-state index is 12.0. The van der Waals surface area contributed by atoms with E-state index in [-0.39, 0.29) is 24.3 Å². The van der Waals surface area contributed by atoms with Crippen molar-refractivity contribution in [3.63, 3.8) is 0 Å². The molecule has 0 aromatic carbocycles. The molecule has 4 nitrogen and oxygen atoms in total. The van der Waals surface area contributed by atoms with E-state index in [0.717, 1.165) is 25.8 Å². The molecule has 1 aliphatic heterocycles. The maximum Gasteiger partial charge on any atom is 0.325 e. The second-order valence-corrected chi connectivity index (χ2v) is 4.67. The Morgan fingerprint density at radius 1 is 1.44 bits per heavy atom. The Morgan fingerprint density at radius 3 is 2.88 bits per heavy atom. The van der Waals surface area contributed by atoms with Gasteiger partial charge in [0.25, 0.3) is 0 Å². The number of amides is 1. The summed E-state index contributed by atoms with van der Waals surface area (Å²) in [5.41, 5.74) is 0. The second-order valence-electron chi connectivity index (χ2n) is 4.67. The van der Waals surface area contributed by atoms with Crippen LogP contribution in [0.25, 0.3) is 0 Å². The molecule has 0 spiro atoms. The summed E-state index contributed by atoms with van der Waals surface area (Å²) in [6.45, 7) is 3.05. The van der Waals surface area contributed by atoms with Crippen molar-refractivity contribution in [1.29, 1.82) is 0 Å². The minimum Gasteiger partial charge on any atom is -0.465 e. The van der Waals surface area contributed by atoms with Crippen LogP contribution in [-0.2, 0) is 14.3 Å². The molecular weight excluding hydrogens is 206 g/mol. The van der Waals surface area contributed by atoms with E-state index in [0.29, 0.717) is 12.5 Å². The number of carbonyl (C=O) groups excluding carboxylic acids is 2. The normalized spacial score (nSPS) is 29.1. The number of rotatable bonds is 3. The molecule has 1 saturated heterocycles. The maximum absolute atomic E-state index is 12.0. The molecule has 2 rings (SSSR count). The van der Waals surface area contributed by atoms with Crippen LogP contribution in [0.5, 0.6) is 0 Å². The lowest BCUT2D eigenvalue weighted by atomic mass is 9.81. The molecule has 90 valence electrons. The van der Waals surface area contributed by atoms with Crippen LogP contribution in [0.4, 0.5) is 0 Å². The predicted molar refractivity (Wildman–Crippen MR) is 58.7 cm³/mol. The van der Waals surface area contributed by atoms with Gasteiger partial charge >= 0.3 is 5.97 Å². The molecular formula is C12H19NO3. The summed E-state index contributed by atoms with van der Waals surface area (Å²) in [7, 11) is 0. The van der Waals surface area contributed by atoms with Gasteiger partial charge in [-0.05, 0) is 25.7 Å². The summed E-state index contributed by atoms with van der Waals surface area (Å²) in [6, 6.07) is 0. The SMILES string of the molecule is CCOC(=O)CN1CC2CCCCC2C1=O. The highest BCUT2D eigenvalue weighted by Crippen LogP contribution is 2.36. The van der Waals surface area contributed by atoms with Crippen LogP contribution in [0.1, 0.15) is 32.6 Å². The molecule has 4 heteroatoms. The van der Waals surface area contributed by atoms with Crippen molar-refractivity contribution in [2.75, 3.05) is 19.7 Å². The number of nitrogens with zero attached hydrogens (tertiary/aromatic N) is 1. The molecule has 0 bridgehead atoms. The van der Waals surface area contributed by atoms with E-state index in [4.69, 9.17) is 4.74 Å². The highest BCUT2D eigenvalue weighted by Gasteiger charge is 2.41. The van der Waals surface area contributed by atoms with E-state index in [1.54, 1.807) is 11.8 Å². The van der Waals surface area contributed by atoms with E-state index in [2.05, 4.69) is 0 Å². The summed E-state index contributed by atoms with van der Waals surface area (Å²) in [6.07, 6.45) is 4.51. The molecule has 1 amide bonds. The summed E-state index contributed by atoms with van der Waals surface area (Å²) in [5, 5.41) is 0. The van der Waals surface area contributed by atoms with Crippen LogP contribution in [0.15, 0.2) is 0 Å². The van der Waals surface area contributed by atoms with Gasteiger partial charge in [-0.25, -0.2) is 0 Å². The number of likely N-dealkylation sites (tertiary alicyclic amines) is 1. The molecule has 1 aliphatic carbocycles. The number of ether oxygens (including phenoxy) is 1. The van der Waals surface area contributed by atoms with Gasteiger partial charge in [0.15, 0.2) is 0 Å². The fraction of sp³-hybridized carbons (Fsp3) is 0.833. The van der Waals surface area contributed by atoms with E-state index in [9.17, 15) is 9.59 Å². The second kappa shape index (κ2) is 4.85. The van der Waals surface area contributed by atoms with Gasteiger partial charge in [-0.2, -0.15) is 0 Å². The molecule has 0 N–H and O–H groups in total. The molecule has 2 unspecified atom stereocenters. The zero-order chi connectivity index (χ0) is 11.5. The first kappa shape index (κ1) is 11.4. The van der Waals surface area contributed by atoms with Crippen LogP contribution in [0.2, 0.25) is 0 Å². The van der Waals surface area contributed by atoms with Crippen molar-refractivity contribution in [2.24, 2.45) is 11.8 Å². The highest BCUT2D eigenvalue weighted by atomic mass is 16.5. The van der Waals surface area contributed by atoms with Crippen molar-refractivity contribution in [1.82, 2.24) is 4.90 Å². The third kappa shape index (κ3) is 2.20. The van der Waals surface area contributed by atoms with Crippen LogP contribution in [0, 0.1) is 11.8 Å². The number of hydrogen-bond donors (Lipinski definition) is 0. The molecule has 0 radical (unpaired) electrons. The van der Waals surface area contributed by atoms with Crippen molar-refractivity contribution >= 4 is 11.9 Å². The predicted octanol–water partition coefficient (Wildman–Crippen LogP) is 1.20. The van der Waals surface area contributed by atoms with Gasteiger partial charge in [0, 0.05) is 12.5 Å². The number of esters is 1. The van der Waals surface area contributed by atoms with Gasteiger partial charge in [0.2, 0.25) is 5.91 Å². The lowest BCUT2D eigenvalue weighted by molar-refractivity contribution is -0.148. The van der Waals surface area contributed by atoms with Gasteiger partial charge in [-0.1, -0.05) is 12.8 Å². The quantitative estimate of drug-likeness (QED) is 0.678. The molecule has 2 atom stereocenters. The minimum absolute atomic E-state index is 0.139. The van der Waals surface area contributed by atoms with Crippen molar-refractivity contribution < 1.29 is 14.3 Å². The van der Waals surface area contributed by atoms with Gasteiger partial charge in [0.05, 0.1) is 6.61 Å². The first-order chi connectivity index (χ1) is 7.72. The minimum atomic E-state index is -0.283. The van der Waals surface area contributed by atoms with Gasteiger partial charge in [-0.15, -0.1) is 0 Å². The average molecular weight is 225 g/mol. The summed E-state index contributed by atoms with van der Waals surface area (Å²) < 4.78 is 4.87. The fourth-order valence-corrected chi connectivity index (χ4v) is 2.86. The first-order valence-corrected chi connectivity index (χ1v) is 6.16. The molecule has 0 aromatic heterocycles. The molecule has 16 heavy (non-hydrogen) atoms. The highest BCUT2D eigenvalue weighted by molar-refractivity contribution is 5.85. The van der Waals surface area contributed by atoms with Crippen LogP contribution in [-0.4, -0.2) is 36.5 Å². The van der Waals surface area contributed by atoms with E-state index >= 15 is 0 Å².